The van der Waals surface area contributed by atoms with E-state index in [1.807, 2.05) is 18.2 Å². The minimum Gasteiger partial charge on any atom is -0.454 e. The number of carbonyl (C=O) groups is 1. The highest BCUT2D eigenvalue weighted by molar-refractivity contribution is 7.13. The summed E-state index contributed by atoms with van der Waals surface area (Å²) in [5, 5.41) is 5.20. The van der Waals surface area contributed by atoms with Crippen LogP contribution in [0.5, 0.6) is 11.5 Å². The van der Waals surface area contributed by atoms with Crippen LogP contribution in [0, 0.1) is 5.82 Å². The molecule has 0 fully saturated rings. The van der Waals surface area contributed by atoms with E-state index in [1.54, 1.807) is 23.6 Å². The lowest BCUT2D eigenvalue weighted by Gasteiger charge is -2.05. The number of nitrogens with one attached hydrogen (secondary N) is 1. The Kier molecular flexibility index (Phi) is 4.53. The molecule has 132 valence electrons. The van der Waals surface area contributed by atoms with Gasteiger partial charge in [0.15, 0.2) is 11.5 Å². The van der Waals surface area contributed by atoms with Crippen molar-refractivity contribution in [3.05, 3.63) is 64.9 Å². The fourth-order valence-corrected chi connectivity index (χ4v) is 3.47. The monoisotopic (exact) mass is 370 g/mol. The lowest BCUT2D eigenvalue weighted by atomic mass is 10.2. The minimum atomic E-state index is -0.319. The largest absolute Gasteiger partial charge is 0.454 e. The van der Waals surface area contributed by atoms with Gasteiger partial charge < -0.3 is 14.8 Å². The molecule has 1 aliphatic rings. The van der Waals surface area contributed by atoms with Gasteiger partial charge in [-0.25, -0.2) is 9.37 Å². The van der Waals surface area contributed by atoms with Crippen LogP contribution < -0.4 is 14.8 Å². The summed E-state index contributed by atoms with van der Waals surface area (Å²) in [4.78, 5) is 16.5. The highest BCUT2D eigenvalue weighted by Crippen LogP contribution is 2.32. The number of thiazole rings is 1. The van der Waals surface area contributed by atoms with E-state index in [9.17, 15) is 9.18 Å². The lowest BCUT2D eigenvalue weighted by molar-refractivity contribution is -0.120. The molecule has 0 aliphatic carbocycles. The predicted octanol–water partition coefficient (Wildman–Crippen LogP) is 3.54. The summed E-state index contributed by atoms with van der Waals surface area (Å²) in [7, 11) is 0. The van der Waals surface area contributed by atoms with Crippen LogP contribution in [0.3, 0.4) is 0 Å². The maximum atomic E-state index is 13.8. The van der Waals surface area contributed by atoms with E-state index in [-0.39, 0.29) is 24.9 Å². The fourth-order valence-electron chi connectivity index (χ4n) is 2.63. The number of carbonyl (C=O) groups excluding carboxylic acids is 1. The maximum Gasteiger partial charge on any atom is 0.231 e. The number of fused-ring (bicyclic) bond motifs is 1. The molecule has 26 heavy (non-hydrogen) atoms. The lowest BCUT2D eigenvalue weighted by Crippen LogP contribution is -2.24. The molecular weight excluding hydrogens is 355 g/mol. The van der Waals surface area contributed by atoms with Crippen molar-refractivity contribution in [1.29, 1.82) is 0 Å². The SMILES string of the molecule is O=C(Cc1csc(-c2ccccc2F)n1)NCc1ccc2c(c1)OCO2. The predicted molar refractivity (Wildman–Crippen MR) is 95.6 cm³/mol. The van der Waals surface area contributed by atoms with Gasteiger partial charge in [-0.15, -0.1) is 11.3 Å². The molecule has 0 unspecified atom stereocenters. The molecule has 5 nitrogen and oxygen atoms in total. The van der Waals surface area contributed by atoms with Crippen LogP contribution in [-0.4, -0.2) is 17.7 Å². The zero-order chi connectivity index (χ0) is 17.9. The Labute approximate surface area is 153 Å². The smallest absolute Gasteiger partial charge is 0.231 e. The zero-order valence-electron chi connectivity index (χ0n) is 13.7. The highest BCUT2D eigenvalue weighted by atomic mass is 32.1. The number of halogens is 1. The Morgan fingerprint density at radius 2 is 2.04 bits per heavy atom. The molecule has 7 heteroatoms. The number of ether oxygens (including phenoxy) is 2. The molecule has 1 N–H and O–H groups in total. The Bertz CT molecular complexity index is 957. The van der Waals surface area contributed by atoms with Gasteiger partial charge in [0.1, 0.15) is 10.8 Å². The Hall–Kier alpha value is -2.93. The topological polar surface area (TPSA) is 60.5 Å². The second kappa shape index (κ2) is 7.13. The van der Waals surface area contributed by atoms with Crippen LogP contribution in [0.15, 0.2) is 47.8 Å². The van der Waals surface area contributed by atoms with Crippen LogP contribution in [0.1, 0.15) is 11.3 Å². The number of aromatic nitrogens is 1. The molecule has 0 radical (unpaired) electrons. The molecule has 0 saturated heterocycles. The molecule has 4 rings (SSSR count). The van der Waals surface area contributed by atoms with E-state index in [2.05, 4.69) is 10.3 Å². The molecular formula is C19H15FN2O3S. The summed E-state index contributed by atoms with van der Waals surface area (Å²) in [6.07, 6.45) is 0.148. The van der Waals surface area contributed by atoms with E-state index < -0.39 is 0 Å². The van der Waals surface area contributed by atoms with Crippen molar-refractivity contribution in [3.8, 4) is 22.1 Å². The van der Waals surface area contributed by atoms with Gasteiger partial charge in [-0.3, -0.25) is 4.79 Å². The molecule has 2 aromatic carbocycles. The van der Waals surface area contributed by atoms with E-state index >= 15 is 0 Å². The Morgan fingerprint density at radius 1 is 1.19 bits per heavy atom. The van der Waals surface area contributed by atoms with Crippen LogP contribution in [0.2, 0.25) is 0 Å². The quantitative estimate of drug-likeness (QED) is 0.746. The first-order valence-corrected chi connectivity index (χ1v) is 8.91. The first-order valence-electron chi connectivity index (χ1n) is 8.03. The summed E-state index contributed by atoms with van der Waals surface area (Å²) < 4.78 is 24.4. The molecule has 1 aliphatic heterocycles. The molecule has 3 aromatic rings. The maximum absolute atomic E-state index is 13.8. The van der Waals surface area contributed by atoms with Gasteiger partial charge in [0.25, 0.3) is 0 Å². The first kappa shape index (κ1) is 16.5. The Morgan fingerprint density at radius 3 is 2.92 bits per heavy atom. The number of benzene rings is 2. The van der Waals surface area contributed by atoms with E-state index in [4.69, 9.17) is 9.47 Å². The van der Waals surface area contributed by atoms with Gasteiger partial charge in [0.05, 0.1) is 12.1 Å². The van der Waals surface area contributed by atoms with Crippen molar-refractivity contribution in [2.24, 2.45) is 0 Å². The number of hydrogen-bond acceptors (Lipinski definition) is 5. The normalized spacial score (nSPS) is 12.2. The Balaban J connectivity index is 1.36. The molecule has 1 amide bonds. The molecule has 0 spiro atoms. The third-order valence-corrected chi connectivity index (χ3v) is 4.85. The number of hydrogen-bond donors (Lipinski definition) is 1. The number of amides is 1. The van der Waals surface area contributed by atoms with Gasteiger partial charge in [0.2, 0.25) is 12.7 Å². The van der Waals surface area contributed by atoms with Crippen molar-refractivity contribution in [2.75, 3.05) is 6.79 Å². The second-order valence-corrected chi connectivity index (χ2v) is 6.62. The van der Waals surface area contributed by atoms with Crippen LogP contribution in [0.25, 0.3) is 10.6 Å². The average Bonchev–Trinajstić information content (AvgIpc) is 3.29. The fraction of sp³-hybridized carbons (Fsp3) is 0.158. The van der Waals surface area contributed by atoms with Crippen LogP contribution >= 0.6 is 11.3 Å². The standard InChI is InChI=1S/C19H15FN2O3S/c20-15-4-2-1-3-14(15)19-22-13(10-26-19)8-18(23)21-9-12-5-6-16-17(7-12)25-11-24-16/h1-7,10H,8-9,11H2,(H,21,23). The second-order valence-electron chi connectivity index (χ2n) is 5.76. The zero-order valence-corrected chi connectivity index (χ0v) is 14.5. The third kappa shape index (κ3) is 3.52. The molecule has 0 saturated carbocycles. The van der Waals surface area contributed by atoms with Crippen LogP contribution in [-0.2, 0) is 17.8 Å². The summed E-state index contributed by atoms with van der Waals surface area (Å²) >= 11 is 1.33. The van der Waals surface area contributed by atoms with Gasteiger partial charge in [-0.1, -0.05) is 18.2 Å². The van der Waals surface area contributed by atoms with E-state index in [0.717, 1.165) is 5.56 Å². The van der Waals surface area contributed by atoms with E-state index in [1.165, 1.54) is 17.4 Å². The summed E-state index contributed by atoms with van der Waals surface area (Å²) in [6, 6.07) is 12.0. The van der Waals surface area contributed by atoms with Crippen LogP contribution in [0.4, 0.5) is 4.39 Å². The van der Waals surface area contributed by atoms with Gasteiger partial charge >= 0.3 is 0 Å². The highest BCUT2D eigenvalue weighted by Gasteiger charge is 2.14. The summed E-state index contributed by atoms with van der Waals surface area (Å²) in [5.74, 6) is 0.933. The number of nitrogens with zero attached hydrogens (tertiary/aromatic N) is 1. The van der Waals surface area contributed by atoms with Crippen molar-refractivity contribution >= 4 is 17.2 Å². The molecule has 1 aromatic heterocycles. The summed E-state index contributed by atoms with van der Waals surface area (Å²) in [5.41, 5.74) is 1.99. The van der Waals surface area contributed by atoms with Crippen molar-refractivity contribution in [3.63, 3.8) is 0 Å². The first-order chi connectivity index (χ1) is 12.7. The molecule has 0 atom stereocenters. The third-order valence-electron chi connectivity index (χ3n) is 3.92. The van der Waals surface area contributed by atoms with Crippen molar-refractivity contribution < 1.29 is 18.7 Å². The van der Waals surface area contributed by atoms with Gasteiger partial charge in [0, 0.05) is 17.5 Å². The average molecular weight is 370 g/mol. The number of rotatable bonds is 5. The summed E-state index contributed by atoms with van der Waals surface area (Å²) in [6.45, 7) is 0.610. The van der Waals surface area contributed by atoms with E-state index in [0.29, 0.717) is 34.3 Å². The van der Waals surface area contributed by atoms with Gasteiger partial charge in [-0.05, 0) is 29.8 Å². The molecule has 2 heterocycles. The van der Waals surface area contributed by atoms with Crippen molar-refractivity contribution in [1.82, 2.24) is 10.3 Å². The molecule has 0 bridgehead atoms. The minimum absolute atomic E-state index is 0.145. The van der Waals surface area contributed by atoms with Crippen molar-refractivity contribution in [2.45, 2.75) is 13.0 Å². The van der Waals surface area contributed by atoms with Gasteiger partial charge in [-0.2, -0.15) is 0 Å².